The normalized spacial score (nSPS) is 14.4. The molecular formula is C16H25NO2. The number of aryl methyl sites for hydroxylation is 1. The van der Waals surface area contributed by atoms with Crippen molar-refractivity contribution in [2.75, 3.05) is 6.54 Å². The van der Waals surface area contributed by atoms with Crippen LogP contribution in [0.15, 0.2) is 24.3 Å². The average Bonchev–Trinajstić information content (AvgIpc) is 2.39. The first kappa shape index (κ1) is 15.7. The highest BCUT2D eigenvalue weighted by Crippen LogP contribution is 2.27. The van der Waals surface area contributed by atoms with Crippen LogP contribution in [0.3, 0.4) is 0 Å². The largest absolute Gasteiger partial charge is 0.480 e. The Kier molecular flexibility index (Phi) is 6.03. The zero-order chi connectivity index (χ0) is 14.4. The zero-order valence-corrected chi connectivity index (χ0v) is 12.4. The molecule has 0 heterocycles. The minimum Gasteiger partial charge on any atom is -0.480 e. The summed E-state index contributed by atoms with van der Waals surface area (Å²) in [4.78, 5) is 13.2. The topological polar surface area (TPSA) is 40.5 Å². The fourth-order valence-electron chi connectivity index (χ4n) is 2.41. The molecule has 0 aliphatic rings. The number of benzene rings is 1. The van der Waals surface area contributed by atoms with Gasteiger partial charge in [0.1, 0.15) is 0 Å². The molecule has 1 aromatic carbocycles. The molecule has 0 bridgehead atoms. The van der Waals surface area contributed by atoms with Crippen molar-refractivity contribution in [1.29, 1.82) is 0 Å². The first-order chi connectivity index (χ1) is 8.99. The lowest BCUT2D eigenvalue weighted by molar-refractivity contribution is -0.139. The molecule has 106 valence electrons. The quantitative estimate of drug-likeness (QED) is 0.816. The molecule has 19 heavy (non-hydrogen) atoms. The van der Waals surface area contributed by atoms with Crippen LogP contribution in [0.1, 0.15) is 50.8 Å². The van der Waals surface area contributed by atoms with Gasteiger partial charge in [0.05, 0.1) is 6.54 Å². The number of aliphatic carboxylic acids is 1. The van der Waals surface area contributed by atoms with Crippen LogP contribution in [-0.4, -0.2) is 28.6 Å². The maximum Gasteiger partial charge on any atom is 0.317 e. The van der Waals surface area contributed by atoms with Gasteiger partial charge in [0.15, 0.2) is 0 Å². The van der Waals surface area contributed by atoms with Gasteiger partial charge in [-0.15, -0.1) is 0 Å². The summed E-state index contributed by atoms with van der Waals surface area (Å²) in [6.45, 7) is 8.47. The van der Waals surface area contributed by atoms with E-state index in [2.05, 4.69) is 56.9 Å². The van der Waals surface area contributed by atoms with Crippen molar-refractivity contribution in [1.82, 2.24) is 4.90 Å². The van der Waals surface area contributed by atoms with E-state index in [0.717, 1.165) is 12.8 Å². The summed E-state index contributed by atoms with van der Waals surface area (Å²) in [6.07, 6.45) is 1.87. The Balaban J connectivity index is 3.01. The van der Waals surface area contributed by atoms with Gasteiger partial charge in [-0.25, -0.2) is 0 Å². The van der Waals surface area contributed by atoms with Crippen molar-refractivity contribution in [3.8, 4) is 0 Å². The Hall–Kier alpha value is -1.35. The third-order valence-electron chi connectivity index (χ3n) is 3.72. The molecule has 0 saturated heterocycles. The third-order valence-corrected chi connectivity index (χ3v) is 3.72. The standard InChI is InChI=1S/C16H25NO2/c1-5-13(4)17(11-16(18)19)15(6-2)14-9-7-12(3)8-10-14/h7-10,13,15H,5-6,11H2,1-4H3,(H,18,19). The molecule has 0 aromatic heterocycles. The molecule has 2 unspecified atom stereocenters. The van der Waals surface area contributed by atoms with E-state index in [-0.39, 0.29) is 18.6 Å². The van der Waals surface area contributed by atoms with E-state index in [4.69, 9.17) is 5.11 Å². The van der Waals surface area contributed by atoms with Crippen molar-refractivity contribution in [2.24, 2.45) is 0 Å². The number of rotatable bonds is 7. The van der Waals surface area contributed by atoms with Gasteiger partial charge in [-0.05, 0) is 32.3 Å². The summed E-state index contributed by atoms with van der Waals surface area (Å²) in [5, 5.41) is 9.12. The maximum atomic E-state index is 11.1. The number of carboxylic acids is 1. The lowest BCUT2D eigenvalue weighted by Gasteiger charge is -2.35. The molecular weight excluding hydrogens is 238 g/mol. The molecule has 1 aromatic rings. The van der Waals surface area contributed by atoms with E-state index < -0.39 is 5.97 Å². The van der Waals surface area contributed by atoms with Crippen LogP contribution in [0.4, 0.5) is 0 Å². The lowest BCUT2D eigenvalue weighted by atomic mass is 9.99. The van der Waals surface area contributed by atoms with Crippen molar-refractivity contribution in [2.45, 2.75) is 52.6 Å². The van der Waals surface area contributed by atoms with Gasteiger partial charge in [0, 0.05) is 12.1 Å². The summed E-state index contributed by atoms with van der Waals surface area (Å²) in [6, 6.07) is 8.84. The zero-order valence-electron chi connectivity index (χ0n) is 12.4. The van der Waals surface area contributed by atoms with Gasteiger partial charge in [-0.3, -0.25) is 9.69 Å². The van der Waals surface area contributed by atoms with Crippen molar-refractivity contribution < 1.29 is 9.90 Å². The molecule has 3 heteroatoms. The van der Waals surface area contributed by atoms with E-state index >= 15 is 0 Å². The Morgan fingerprint density at radius 2 is 1.79 bits per heavy atom. The smallest absolute Gasteiger partial charge is 0.317 e. The van der Waals surface area contributed by atoms with E-state index in [9.17, 15) is 4.79 Å². The van der Waals surface area contributed by atoms with Crippen LogP contribution in [0, 0.1) is 6.92 Å². The van der Waals surface area contributed by atoms with Crippen LogP contribution < -0.4 is 0 Å². The fraction of sp³-hybridized carbons (Fsp3) is 0.562. The van der Waals surface area contributed by atoms with Gasteiger partial charge < -0.3 is 5.11 Å². The summed E-state index contributed by atoms with van der Waals surface area (Å²) in [7, 11) is 0. The molecule has 3 nitrogen and oxygen atoms in total. The van der Waals surface area contributed by atoms with Crippen LogP contribution in [0.5, 0.6) is 0 Å². The Labute approximate surface area is 116 Å². The van der Waals surface area contributed by atoms with Gasteiger partial charge in [-0.2, -0.15) is 0 Å². The molecule has 0 radical (unpaired) electrons. The van der Waals surface area contributed by atoms with Gasteiger partial charge in [-0.1, -0.05) is 43.7 Å². The Morgan fingerprint density at radius 1 is 1.21 bits per heavy atom. The highest BCUT2D eigenvalue weighted by atomic mass is 16.4. The number of carbonyl (C=O) groups is 1. The first-order valence-electron chi connectivity index (χ1n) is 7.03. The predicted octanol–water partition coefficient (Wildman–Crippen LogP) is 3.63. The number of hydrogen-bond donors (Lipinski definition) is 1. The second kappa shape index (κ2) is 7.29. The SMILES string of the molecule is CCC(C)N(CC(=O)O)C(CC)c1ccc(C)cc1. The first-order valence-corrected chi connectivity index (χ1v) is 7.03. The van der Waals surface area contributed by atoms with Crippen molar-refractivity contribution in [3.05, 3.63) is 35.4 Å². The van der Waals surface area contributed by atoms with Crippen molar-refractivity contribution in [3.63, 3.8) is 0 Å². The molecule has 0 aliphatic carbocycles. The van der Waals surface area contributed by atoms with Crippen molar-refractivity contribution >= 4 is 5.97 Å². The molecule has 1 rings (SSSR count). The molecule has 0 spiro atoms. The van der Waals surface area contributed by atoms with E-state index in [1.54, 1.807) is 0 Å². The van der Waals surface area contributed by atoms with Gasteiger partial charge >= 0.3 is 5.97 Å². The third kappa shape index (κ3) is 4.35. The average molecular weight is 263 g/mol. The van der Waals surface area contributed by atoms with Gasteiger partial charge in [0.2, 0.25) is 0 Å². The molecule has 0 amide bonds. The van der Waals surface area contributed by atoms with Crippen LogP contribution in [-0.2, 0) is 4.79 Å². The van der Waals surface area contributed by atoms with E-state index in [0.29, 0.717) is 0 Å². The fourth-order valence-corrected chi connectivity index (χ4v) is 2.41. The minimum absolute atomic E-state index is 0.0986. The molecule has 0 saturated carbocycles. The highest BCUT2D eigenvalue weighted by molar-refractivity contribution is 5.69. The Bertz CT molecular complexity index is 400. The Morgan fingerprint density at radius 3 is 2.21 bits per heavy atom. The molecule has 0 fully saturated rings. The van der Waals surface area contributed by atoms with Gasteiger partial charge in [0.25, 0.3) is 0 Å². The minimum atomic E-state index is -0.758. The highest BCUT2D eigenvalue weighted by Gasteiger charge is 2.24. The van der Waals surface area contributed by atoms with E-state index in [1.165, 1.54) is 11.1 Å². The van der Waals surface area contributed by atoms with Crippen LogP contribution in [0.2, 0.25) is 0 Å². The summed E-state index contributed by atoms with van der Waals surface area (Å²) in [5.74, 6) is -0.758. The summed E-state index contributed by atoms with van der Waals surface area (Å²) >= 11 is 0. The number of nitrogens with zero attached hydrogens (tertiary/aromatic N) is 1. The number of carboxylic acid groups (broad SMARTS) is 1. The molecule has 1 N–H and O–H groups in total. The van der Waals surface area contributed by atoms with Crippen LogP contribution in [0.25, 0.3) is 0 Å². The van der Waals surface area contributed by atoms with Crippen LogP contribution >= 0.6 is 0 Å². The number of hydrogen-bond acceptors (Lipinski definition) is 2. The second-order valence-corrected chi connectivity index (χ2v) is 5.16. The lowest BCUT2D eigenvalue weighted by Crippen LogP contribution is -2.39. The molecule has 2 atom stereocenters. The predicted molar refractivity (Wildman–Crippen MR) is 78.3 cm³/mol. The maximum absolute atomic E-state index is 11.1. The molecule has 0 aliphatic heterocycles. The summed E-state index contributed by atoms with van der Waals surface area (Å²) in [5.41, 5.74) is 2.43. The van der Waals surface area contributed by atoms with E-state index in [1.807, 2.05) is 0 Å². The second-order valence-electron chi connectivity index (χ2n) is 5.16. The summed E-state index contributed by atoms with van der Waals surface area (Å²) < 4.78 is 0. The monoisotopic (exact) mass is 263 g/mol.